The van der Waals surface area contributed by atoms with Gasteiger partial charge in [-0.1, -0.05) is 70.4 Å². The molecule has 0 radical (unpaired) electrons. The predicted molar refractivity (Wildman–Crippen MR) is 99.8 cm³/mol. The summed E-state index contributed by atoms with van der Waals surface area (Å²) >= 11 is 0. The topological polar surface area (TPSA) is 33.0 Å². The Morgan fingerprint density at radius 1 is 0.958 bits per heavy atom. The molecule has 0 saturated carbocycles. The minimum atomic E-state index is 0.229. The van der Waals surface area contributed by atoms with E-state index in [2.05, 4.69) is 13.0 Å². The number of rotatable bonds is 10. The summed E-state index contributed by atoms with van der Waals surface area (Å²) in [6.45, 7) is 3.18. The van der Waals surface area contributed by atoms with Crippen LogP contribution in [0.1, 0.15) is 94.8 Å². The first-order chi connectivity index (χ1) is 11.8. The van der Waals surface area contributed by atoms with Gasteiger partial charge in [-0.25, -0.2) is 0 Å². The van der Waals surface area contributed by atoms with Gasteiger partial charge in [0, 0.05) is 0 Å². The van der Waals surface area contributed by atoms with Crippen LogP contribution in [0.2, 0.25) is 0 Å². The summed E-state index contributed by atoms with van der Waals surface area (Å²) in [5.41, 5.74) is 1.95. The van der Waals surface area contributed by atoms with Gasteiger partial charge in [-0.3, -0.25) is 0 Å². The van der Waals surface area contributed by atoms with Crippen molar-refractivity contribution >= 4 is 0 Å². The van der Waals surface area contributed by atoms with Gasteiger partial charge in [0.1, 0.15) is 0 Å². The Bertz CT molecular complexity index is 480. The third-order valence-corrected chi connectivity index (χ3v) is 5.25. The average Bonchev–Trinajstić information content (AvgIpc) is 2.64. The molecule has 1 aromatic carbocycles. The zero-order valence-electron chi connectivity index (χ0n) is 15.3. The molecule has 0 spiro atoms. The lowest BCUT2D eigenvalue weighted by molar-refractivity contribution is -0.0199. The summed E-state index contributed by atoms with van der Waals surface area (Å²) in [6, 6.07) is 10.0. The van der Waals surface area contributed by atoms with Crippen molar-refractivity contribution in [2.24, 2.45) is 5.92 Å². The highest BCUT2D eigenvalue weighted by Gasteiger charge is 2.22. The molecule has 1 heterocycles. The second-order valence-corrected chi connectivity index (χ2v) is 7.26. The van der Waals surface area contributed by atoms with E-state index in [0.717, 1.165) is 24.5 Å². The number of ether oxygens (including phenoxy) is 1. The van der Waals surface area contributed by atoms with Crippen molar-refractivity contribution in [1.82, 2.24) is 0 Å². The SMILES string of the molecule is CCCCCCCCCCC1CCC(c2ccc(C#N)cc2)OC1. The zero-order chi connectivity index (χ0) is 17.0. The van der Waals surface area contributed by atoms with Crippen molar-refractivity contribution in [2.75, 3.05) is 6.61 Å². The van der Waals surface area contributed by atoms with Crippen LogP contribution in [0.25, 0.3) is 0 Å². The first-order valence-electron chi connectivity index (χ1n) is 9.95. The number of unbranched alkanes of at least 4 members (excludes halogenated alkanes) is 7. The van der Waals surface area contributed by atoms with Crippen molar-refractivity contribution in [1.29, 1.82) is 5.26 Å². The van der Waals surface area contributed by atoms with E-state index in [9.17, 15) is 0 Å². The Hall–Kier alpha value is -1.33. The summed E-state index contributed by atoms with van der Waals surface area (Å²) in [7, 11) is 0. The van der Waals surface area contributed by atoms with E-state index >= 15 is 0 Å². The quantitative estimate of drug-likeness (QED) is 0.456. The lowest BCUT2D eigenvalue weighted by Gasteiger charge is -2.29. The van der Waals surface area contributed by atoms with E-state index in [4.69, 9.17) is 10.00 Å². The molecule has 2 nitrogen and oxygen atoms in total. The molecule has 1 aliphatic rings. The van der Waals surface area contributed by atoms with E-state index < -0.39 is 0 Å². The van der Waals surface area contributed by atoms with E-state index in [1.165, 1.54) is 69.8 Å². The molecule has 0 bridgehead atoms. The fourth-order valence-corrected chi connectivity index (χ4v) is 3.64. The van der Waals surface area contributed by atoms with Gasteiger partial charge in [0.2, 0.25) is 0 Å². The van der Waals surface area contributed by atoms with Gasteiger partial charge in [-0.05, 0) is 42.9 Å². The van der Waals surface area contributed by atoms with E-state index in [1.807, 2.05) is 24.3 Å². The van der Waals surface area contributed by atoms with Crippen molar-refractivity contribution in [3.63, 3.8) is 0 Å². The van der Waals surface area contributed by atoms with Gasteiger partial charge in [0.15, 0.2) is 0 Å². The van der Waals surface area contributed by atoms with Crippen molar-refractivity contribution in [2.45, 2.75) is 83.7 Å². The van der Waals surface area contributed by atoms with Crippen molar-refractivity contribution < 1.29 is 4.74 Å². The molecule has 0 aliphatic carbocycles. The highest BCUT2D eigenvalue weighted by molar-refractivity contribution is 5.32. The third-order valence-electron chi connectivity index (χ3n) is 5.25. The minimum Gasteiger partial charge on any atom is -0.373 e. The van der Waals surface area contributed by atoms with E-state index in [0.29, 0.717) is 0 Å². The fourth-order valence-electron chi connectivity index (χ4n) is 3.64. The molecule has 1 fully saturated rings. The smallest absolute Gasteiger partial charge is 0.0991 e. The highest BCUT2D eigenvalue weighted by Crippen LogP contribution is 2.32. The number of hydrogen-bond donors (Lipinski definition) is 0. The Morgan fingerprint density at radius 3 is 2.21 bits per heavy atom. The molecule has 24 heavy (non-hydrogen) atoms. The molecule has 1 aromatic rings. The normalized spacial score (nSPS) is 20.7. The van der Waals surface area contributed by atoms with Crippen LogP contribution in [0.15, 0.2) is 24.3 Å². The molecule has 1 aliphatic heterocycles. The maximum absolute atomic E-state index is 8.87. The number of benzene rings is 1. The van der Waals surface area contributed by atoms with Crippen LogP contribution in [-0.4, -0.2) is 6.61 Å². The van der Waals surface area contributed by atoms with Gasteiger partial charge < -0.3 is 4.74 Å². The number of nitrogens with zero attached hydrogens (tertiary/aromatic N) is 1. The maximum atomic E-state index is 8.87. The minimum absolute atomic E-state index is 0.229. The van der Waals surface area contributed by atoms with Crippen LogP contribution in [0, 0.1) is 17.2 Å². The first-order valence-corrected chi connectivity index (χ1v) is 9.95. The molecular formula is C22H33NO. The monoisotopic (exact) mass is 327 g/mol. The Kier molecular flexibility index (Phi) is 8.92. The van der Waals surface area contributed by atoms with Crippen LogP contribution in [0.5, 0.6) is 0 Å². The lowest BCUT2D eigenvalue weighted by Crippen LogP contribution is -2.20. The Balaban J connectivity index is 1.55. The molecule has 2 rings (SSSR count). The number of hydrogen-bond acceptors (Lipinski definition) is 2. The fraction of sp³-hybridized carbons (Fsp3) is 0.682. The van der Waals surface area contributed by atoms with Gasteiger partial charge in [-0.2, -0.15) is 5.26 Å². The first kappa shape index (κ1) is 19.0. The number of nitriles is 1. The van der Waals surface area contributed by atoms with Crippen LogP contribution in [0.4, 0.5) is 0 Å². The van der Waals surface area contributed by atoms with Crippen LogP contribution >= 0.6 is 0 Å². The highest BCUT2D eigenvalue weighted by atomic mass is 16.5. The van der Waals surface area contributed by atoms with Crippen molar-refractivity contribution in [3.8, 4) is 6.07 Å². The molecule has 2 atom stereocenters. The van der Waals surface area contributed by atoms with Crippen LogP contribution in [0.3, 0.4) is 0 Å². The molecule has 0 amide bonds. The summed E-state index contributed by atoms with van der Waals surface area (Å²) in [5.74, 6) is 0.750. The van der Waals surface area contributed by atoms with Gasteiger partial charge in [0.25, 0.3) is 0 Å². The zero-order valence-corrected chi connectivity index (χ0v) is 15.3. The van der Waals surface area contributed by atoms with Crippen molar-refractivity contribution in [3.05, 3.63) is 35.4 Å². The second-order valence-electron chi connectivity index (χ2n) is 7.26. The molecular weight excluding hydrogens is 294 g/mol. The van der Waals surface area contributed by atoms with Crippen LogP contribution in [-0.2, 0) is 4.74 Å². The summed E-state index contributed by atoms with van der Waals surface area (Å²) in [6.07, 6.45) is 15.1. The second kappa shape index (κ2) is 11.3. The average molecular weight is 328 g/mol. The molecule has 0 aromatic heterocycles. The van der Waals surface area contributed by atoms with Gasteiger partial charge in [0.05, 0.1) is 24.3 Å². The largest absolute Gasteiger partial charge is 0.373 e. The predicted octanol–water partition coefficient (Wildman–Crippen LogP) is 6.56. The summed E-state index contributed by atoms with van der Waals surface area (Å²) in [5, 5.41) is 8.87. The Morgan fingerprint density at radius 2 is 1.62 bits per heavy atom. The standard InChI is InChI=1S/C22H33NO/c1-2-3-4-5-6-7-8-9-10-20-13-16-22(24-18-20)21-14-11-19(17-23)12-15-21/h11-12,14-15,20,22H,2-10,13,16,18H2,1H3. The van der Waals surface area contributed by atoms with Gasteiger partial charge >= 0.3 is 0 Å². The molecule has 1 saturated heterocycles. The van der Waals surface area contributed by atoms with Gasteiger partial charge in [-0.15, -0.1) is 0 Å². The third kappa shape index (κ3) is 6.65. The Labute approximate surface area is 148 Å². The van der Waals surface area contributed by atoms with E-state index in [-0.39, 0.29) is 6.10 Å². The molecule has 132 valence electrons. The summed E-state index contributed by atoms with van der Waals surface area (Å²) < 4.78 is 6.09. The molecule has 2 unspecified atom stereocenters. The lowest BCUT2D eigenvalue weighted by atomic mass is 9.90. The summed E-state index contributed by atoms with van der Waals surface area (Å²) in [4.78, 5) is 0. The molecule has 0 N–H and O–H groups in total. The maximum Gasteiger partial charge on any atom is 0.0991 e. The molecule has 2 heteroatoms. The van der Waals surface area contributed by atoms with E-state index in [1.54, 1.807) is 0 Å². The van der Waals surface area contributed by atoms with Crippen LogP contribution < -0.4 is 0 Å².